The molecule has 0 radical (unpaired) electrons. The number of rotatable bonds is 4. The van der Waals surface area contributed by atoms with Crippen LogP contribution in [-0.2, 0) is 6.54 Å². The van der Waals surface area contributed by atoms with E-state index in [1.165, 1.54) is 11.3 Å². The highest BCUT2D eigenvalue weighted by Crippen LogP contribution is 2.28. The third kappa shape index (κ3) is 3.39. The fourth-order valence-electron chi connectivity index (χ4n) is 3.53. The number of piperidine rings is 1. The zero-order valence-corrected chi connectivity index (χ0v) is 15.5. The minimum atomic E-state index is 0.0973. The Kier molecular flexibility index (Phi) is 4.79. The molecule has 1 saturated heterocycles. The molecule has 4 rings (SSSR count). The first-order chi connectivity index (χ1) is 12.7. The summed E-state index contributed by atoms with van der Waals surface area (Å²) in [5.74, 6) is 1.40. The Bertz CT molecular complexity index is 888. The lowest BCUT2D eigenvalue weighted by Crippen LogP contribution is -2.39. The number of imidazole rings is 1. The Labute approximate surface area is 156 Å². The highest BCUT2D eigenvalue weighted by molar-refractivity contribution is 7.11. The molecule has 7 heteroatoms. The fourth-order valence-corrected chi connectivity index (χ4v) is 4.30. The standard InChI is InChI=1S/C19H21N5OS/c1-14-17(26-13-22-14)19(25)24-8-3-5-16(12-24)18-21-7-9-23(18)11-15-4-2-6-20-10-15/h2,4,6-7,9-10,13,16H,3,5,8,11-12H2,1H3. The molecular formula is C19H21N5OS. The predicted octanol–water partition coefficient (Wildman–Crippen LogP) is 3.11. The first kappa shape index (κ1) is 16.9. The Balaban J connectivity index is 1.51. The summed E-state index contributed by atoms with van der Waals surface area (Å²) in [4.78, 5) is 28.5. The minimum Gasteiger partial charge on any atom is -0.337 e. The number of carbonyl (C=O) groups excluding carboxylic acids is 1. The van der Waals surface area contributed by atoms with E-state index in [-0.39, 0.29) is 11.8 Å². The Morgan fingerprint density at radius 1 is 1.35 bits per heavy atom. The van der Waals surface area contributed by atoms with Crippen molar-refractivity contribution in [1.29, 1.82) is 0 Å². The lowest BCUT2D eigenvalue weighted by atomic mass is 9.96. The molecule has 1 fully saturated rings. The number of hydrogen-bond donors (Lipinski definition) is 0. The molecule has 6 nitrogen and oxygen atoms in total. The van der Waals surface area contributed by atoms with E-state index in [2.05, 4.69) is 25.6 Å². The molecule has 0 bridgehead atoms. The van der Waals surface area contributed by atoms with Gasteiger partial charge in [0.15, 0.2) is 0 Å². The van der Waals surface area contributed by atoms with Crippen LogP contribution in [0.1, 0.15) is 45.5 Å². The lowest BCUT2D eigenvalue weighted by molar-refractivity contribution is 0.0707. The van der Waals surface area contributed by atoms with Crippen LogP contribution in [0.5, 0.6) is 0 Å². The molecule has 1 atom stereocenters. The van der Waals surface area contributed by atoms with E-state index < -0.39 is 0 Å². The maximum absolute atomic E-state index is 12.8. The van der Waals surface area contributed by atoms with Gasteiger partial charge in [0.25, 0.3) is 5.91 Å². The van der Waals surface area contributed by atoms with Crippen LogP contribution in [0.4, 0.5) is 0 Å². The Morgan fingerprint density at radius 3 is 3.04 bits per heavy atom. The van der Waals surface area contributed by atoms with Crippen molar-refractivity contribution in [2.45, 2.75) is 32.2 Å². The number of nitrogens with zero attached hydrogens (tertiary/aromatic N) is 5. The highest BCUT2D eigenvalue weighted by atomic mass is 32.1. The SMILES string of the molecule is Cc1ncsc1C(=O)N1CCCC(c2nccn2Cc2cccnc2)C1. The van der Waals surface area contributed by atoms with Gasteiger partial charge in [-0.3, -0.25) is 9.78 Å². The number of thiazole rings is 1. The molecule has 1 amide bonds. The highest BCUT2D eigenvalue weighted by Gasteiger charge is 2.29. The summed E-state index contributed by atoms with van der Waals surface area (Å²) in [6, 6.07) is 4.02. The zero-order chi connectivity index (χ0) is 17.9. The van der Waals surface area contributed by atoms with Gasteiger partial charge in [-0.25, -0.2) is 9.97 Å². The maximum atomic E-state index is 12.8. The van der Waals surface area contributed by atoms with Crippen molar-refractivity contribution in [3.63, 3.8) is 0 Å². The summed E-state index contributed by atoms with van der Waals surface area (Å²) in [7, 11) is 0. The Hall–Kier alpha value is -2.54. The van der Waals surface area contributed by atoms with Crippen molar-refractivity contribution in [3.05, 3.63) is 64.4 Å². The normalized spacial score (nSPS) is 17.4. The number of pyridine rings is 1. The number of hydrogen-bond acceptors (Lipinski definition) is 5. The van der Waals surface area contributed by atoms with Gasteiger partial charge < -0.3 is 9.47 Å². The predicted molar refractivity (Wildman–Crippen MR) is 100 cm³/mol. The average Bonchev–Trinajstić information content (AvgIpc) is 3.31. The van der Waals surface area contributed by atoms with E-state index >= 15 is 0 Å². The van der Waals surface area contributed by atoms with Crippen molar-refractivity contribution < 1.29 is 4.79 Å². The van der Waals surface area contributed by atoms with E-state index in [1.807, 2.05) is 36.5 Å². The monoisotopic (exact) mass is 367 g/mol. The number of aromatic nitrogens is 4. The molecule has 134 valence electrons. The molecule has 1 aliphatic rings. The third-order valence-electron chi connectivity index (χ3n) is 4.84. The average molecular weight is 367 g/mol. The van der Waals surface area contributed by atoms with Crippen molar-refractivity contribution in [3.8, 4) is 0 Å². The number of amides is 1. The summed E-state index contributed by atoms with van der Waals surface area (Å²) in [5.41, 5.74) is 3.71. The van der Waals surface area contributed by atoms with Crippen molar-refractivity contribution in [2.75, 3.05) is 13.1 Å². The molecule has 0 N–H and O–H groups in total. The largest absolute Gasteiger partial charge is 0.337 e. The lowest BCUT2D eigenvalue weighted by Gasteiger charge is -2.32. The van der Waals surface area contributed by atoms with Gasteiger partial charge in [-0.15, -0.1) is 11.3 Å². The van der Waals surface area contributed by atoms with Gasteiger partial charge in [0.1, 0.15) is 10.7 Å². The van der Waals surface area contributed by atoms with Crippen LogP contribution in [-0.4, -0.2) is 43.4 Å². The second-order valence-electron chi connectivity index (χ2n) is 6.63. The van der Waals surface area contributed by atoms with Crippen LogP contribution >= 0.6 is 11.3 Å². The van der Waals surface area contributed by atoms with Crippen molar-refractivity contribution in [1.82, 2.24) is 24.4 Å². The molecule has 1 unspecified atom stereocenters. The van der Waals surface area contributed by atoms with E-state index in [4.69, 9.17) is 0 Å². The molecule has 0 aliphatic carbocycles. The second kappa shape index (κ2) is 7.37. The second-order valence-corrected chi connectivity index (χ2v) is 7.49. The molecule has 4 heterocycles. The van der Waals surface area contributed by atoms with Gasteiger partial charge >= 0.3 is 0 Å². The molecule has 1 aliphatic heterocycles. The fraction of sp³-hybridized carbons (Fsp3) is 0.368. The van der Waals surface area contributed by atoms with E-state index in [1.54, 1.807) is 11.7 Å². The smallest absolute Gasteiger partial charge is 0.265 e. The summed E-state index contributed by atoms with van der Waals surface area (Å²) in [6.07, 6.45) is 9.57. The molecule has 3 aromatic rings. The molecule has 26 heavy (non-hydrogen) atoms. The summed E-state index contributed by atoms with van der Waals surface area (Å²) < 4.78 is 2.17. The van der Waals surface area contributed by atoms with E-state index in [9.17, 15) is 4.79 Å². The molecular weight excluding hydrogens is 346 g/mol. The van der Waals surface area contributed by atoms with E-state index in [0.717, 1.165) is 47.9 Å². The van der Waals surface area contributed by atoms with Gasteiger partial charge in [0, 0.05) is 43.8 Å². The Morgan fingerprint density at radius 2 is 2.27 bits per heavy atom. The molecule has 0 spiro atoms. The topological polar surface area (TPSA) is 63.9 Å². The van der Waals surface area contributed by atoms with Gasteiger partial charge in [-0.05, 0) is 31.4 Å². The molecule has 0 aromatic carbocycles. The van der Waals surface area contributed by atoms with Crippen LogP contribution in [0.3, 0.4) is 0 Å². The maximum Gasteiger partial charge on any atom is 0.265 e. The van der Waals surface area contributed by atoms with Crippen molar-refractivity contribution in [2.24, 2.45) is 0 Å². The van der Waals surface area contributed by atoms with Crippen LogP contribution in [0.2, 0.25) is 0 Å². The quantitative estimate of drug-likeness (QED) is 0.711. The van der Waals surface area contributed by atoms with Gasteiger partial charge in [-0.2, -0.15) is 0 Å². The number of aryl methyl sites for hydroxylation is 1. The van der Waals surface area contributed by atoms with Gasteiger partial charge in [-0.1, -0.05) is 6.07 Å². The molecule has 3 aromatic heterocycles. The number of likely N-dealkylation sites (tertiary alicyclic amines) is 1. The number of carbonyl (C=O) groups is 1. The van der Waals surface area contributed by atoms with E-state index in [0.29, 0.717) is 6.54 Å². The van der Waals surface area contributed by atoms with Crippen molar-refractivity contribution >= 4 is 17.2 Å². The van der Waals surface area contributed by atoms with Crippen LogP contribution in [0.15, 0.2) is 42.4 Å². The zero-order valence-electron chi connectivity index (χ0n) is 14.7. The summed E-state index contributed by atoms with van der Waals surface area (Å²) in [5, 5.41) is 0. The first-order valence-electron chi connectivity index (χ1n) is 8.81. The first-order valence-corrected chi connectivity index (χ1v) is 9.69. The van der Waals surface area contributed by atoms with Crippen LogP contribution in [0, 0.1) is 6.92 Å². The van der Waals surface area contributed by atoms with Gasteiger partial charge in [0.05, 0.1) is 17.7 Å². The minimum absolute atomic E-state index is 0.0973. The third-order valence-corrected chi connectivity index (χ3v) is 5.75. The van der Waals surface area contributed by atoms with Crippen LogP contribution in [0.25, 0.3) is 0 Å². The molecule has 0 saturated carbocycles. The van der Waals surface area contributed by atoms with Gasteiger partial charge in [0.2, 0.25) is 0 Å². The summed E-state index contributed by atoms with van der Waals surface area (Å²) >= 11 is 1.42. The summed E-state index contributed by atoms with van der Waals surface area (Å²) in [6.45, 7) is 4.16. The van der Waals surface area contributed by atoms with Crippen LogP contribution < -0.4 is 0 Å².